The first-order valence-electron chi connectivity index (χ1n) is 11.6. The van der Waals surface area contributed by atoms with Gasteiger partial charge in [-0.2, -0.15) is 0 Å². The Hall–Kier alpha value is -3.25. The van der Waals surface area contributed by atoms with Crippen LogP contribution in [0.25, 0.3) is 0 Å². The summed E-state index contributed by atoms with van der Waals surface area (Å²) in [7, 11) is 1.58. The van der Waals surface area contributed by atoms with Crippen LogP contribution in [0.4, 0.5) is 5.69 Å². The molecule has 0 aromatic heterocycles. The number of amides is 2. The molecule has 8 atom stereocenters. The van der Waals surface area contributed by atoms with E-state index < -0.39 is 6.10 Å². The number of nitrogens with zero attached hydrogens (tertiary/aromatic N) is 1. The smallest absolute Gasteiger partial charge is 0.238 e. The van der Waals surface area contributed by atoms with Gasteiger partial charge in [0.2, 0.25) is 11.8 Å². The topological polar surface area (TPSA) is 76.2 Å². The number of allylic oxidation sites excluding steroid dienone is 2. The van der Waals surface area contributed by atoms with Crippen molar-refractivity contribution in [1.29, 1.82) is 0 Å². The molecule has 2 heterocycles. The van der Waals surface area contributed by atoms with E-state index in [0.717, 1.165) is 12.0 Å². The number of carbonyl (C=O) groups excluding carboxylic acids is 3. The van der Waals surface area contributed by atoms with Gasteiger partial charge in [-0.05, 0) is 72.1 Å². The van der Waals surface area contributed by atoms with Gasteiger partial charge in [0.25, 0.3) is 0 Å². The minimum Gasteiger partial charge on any atom is -0.497 e. The van der Waals surface area contributed by atoms with E-state index >= 15 is 0 Å². The summed E-state index contributed by atoms with van der Waals surface area (Å²) in [6, 6.07) is 14.3. The Morgan fingerprint density at radius 2 is 1.52 bits per heavy atom. The number of hydrogen-bond acceptors (Lipinski definition) is 5. The third kappa shape index (κ3) is 2.67. The average Bonchev–Trinajstić information content (AvgIpc) is 3.77. The molecule has 2 bridgehead atoms. The fourth-order valence-electron chi connectivity index (χ4n) is 6.51. The van der Waals surface area contributed by atoms with Gasteiger partial charge in [-0.15, -0.1) is 0 Å². The Morgan fingerprint density at radius 1 is 0.909 bits per heavy atom. The van der Waals surface area contributed by atoms with Crippen LogP contribution in [-0.2, 0) is 14.3 Å². The molecular weight excluding hydrogens is 418 g/mol. The van der Waals surface area contributed by atoms with Crippen LogP contribution in [0.15, 0.2) is 60.7 Å². The van der Waals surface area contributed by atoms with Crippen molar-refractivity contribution in [2.24, 2.45) is 35.5 Å². The zero-order valence-electron chi connectivity index (χ0n) is 18.1. The lowest BCUT2D eigenvalue weighted by Gasteiger charge is -2.37. The Labute approximate surface area is 191 Å². The molecule has 6 heteroatoms. The molecule has 2 aromatic rings. The van der Waals surface area contributed by atoms with Crippen molar-refractivity contribution in [3.8, 4) is 5.75 Å². The molecule has 0 spiro atoms. The highest BCUT2D eigenvalue weighted by Gasteiger charge is 2.67. The van der Waals surface area contributed by atoms with Crippen LogP contribution in [0.1, 0.15) is 28.4 Å². The van der Waals surface area contributed by atoms with Crippen LogP contribution < -0.4 is 9.64 Å². The van der Waals surface area contributed by atoms with Crippen LogP contribution in [0.2, 0.25) is 0 Å². The van der Waals surface area contributed by atoms with Gasteiger partial charge < -0.3 is 9.47 Å². The lowest BCUT2D eigenvalue weighted by atomic mass is 9.63. The van der Waals surface area contributed by atoms with Gasteiger partial charge in [0.05, 0.1) is 24.6 Å². The molecule has 2 saturated heterocycles. The normalized spacial score (nSPS) is 37.1. The summed E-state index contributed by atoms with van der Waals surface area (Å²) in [6.07, 6.45) is 4.69. The first-order valence-corrected chi connectivity index (χ1v) is 11.6. The summed E-state index contributed by atoms with van der Waals surface area (Å²) in [5.74, 6) is 1.73. The van der Waals surface area contributed by atoms with Crippen molar-refractivity contribution in [2.45, 2.75) is 18.6 Å². The van der Waals surface area contributed by atoms with E-state index in [1.54, 1.807) is 43.5 Å². The molecule has 0 radical (unpaired) electrons. The molecule has 2 unspecified atom stereocenters. The number of rotatable bonds is 5. The number of methoxy groups -OCH3 is 1. The number of ether oxygens (including phenoxy) is 2. The second-order valence-corrected chi connectivity index (χ2v) is 9.83. The van der Waals surface area contributed by atoms with E-state index in [1.165, 1.54) is 4.90 Å². The number of carbonyl (C=O) groups is 3. The number of epoxide rings is 1. The number of Topliss-reactive ketones (excluding diaryl/α,β-unsaturated/α-hetero) is 1. The van der Waals surface area contributed by atoms with Crippen LogP contribution in [0, 0.1) is 35.5 Å². The Bertz CT molecular complexity index is 1180. The van der Waals surface area contributed by atoms with E-state index in [1.807, 2.05) is 12.1 Å². The van der Waals surface area contributed by atoms with Crippen molar-refractivity contribution in [2.75, 3.05) is 12.0 Å². The predicted octanol–water partition coefficient (Wildman–Crippen LogP) is 3.58. The minimum atomic E-state index is -0.518. The van der Waals surface area contributed by atoms with Gasteiger partial charge in [-0.3, -0.25) is 19.3 Å². The van der Waals surface area contributed by atoms with Crippen molar-refractivity contribution >= 4 is 23.3 Å². The maximum atomic E-state index is 13.3. The lowest BCUT2D eigenvalue weighted by Crippen LogP contribution is -2.40. The monoisotopic (exact) mass is 441 g/mol. The molecule has 8 rings (SSSR count). The van der Waals surface area contributed by atoms with Gasteiger partial charge >= 0.3 is 0 Å². The van der Waals surface area contributed by atoms with Gasteiger partial charge in [-0.1, -0.05) is 24.3 Å². The molecule has 2 aliphatic heterocycles. The van der Waals surface area contributed by atoms with E-state index in [9.17, 15) is 14.4 Å². The van der Waals surface area contributed by atoms with Crippen molar-refractivity contribution < 1.29 is 23.9 Å². The Kier molecular flexibility index (Phi) is 3.87. The molecule has 4 aliphatic carbocycles. The summed E-state index contributed by atoms with van der Waals surface area (Å²) in [4.78, 5) is 40.7. The van der Waals surface area contributed by atoms with Gasteiger partial charge in [0.1, 0.15) is 11.9 Å². The molecule has 2 saturated carbocycles. The fourth-order valence-corrected chi connectivity index (χ4v) is 6.51. The molecule has 4 fully saturated rings. The fraction of sp³-hybridized carbons (Fsp3) is 0.370. The Balaban J connectivity index is 1.08. The molecule has 6 aliphatic rings. The second-order valence-electron chi connectivity index (χ2n) is 9.83. The average molecular weight is 441 g/mol. The first kappa shape index (κ1) is 19.2. The van der Waals surface area contributed by atoms with E-state index in [4.69, 9.17) is 9.47 Å². The second kappa shape index (κ2) is 6.64. The number of hydrogen-bond donors (Lipinski definition) is 0. The SMILES string of the molecule is COc1ccc(C(=O)C2OC2c2ccc(N3C(=O)[C@@H]4[C@@H]5C=C[C@@H]([C@H]6C[C@@H]56)[C@@H]4C3=O)cc2)cc1. The lowest BCUT2D eigenvalue weighted by molar-refractivity contribution is -0.124. The number of anilines is 1. The minimum absolute atomic E-state index is 0.0577. The van der Waals surface area contributed by atoms with Crippen molar-refractivity contribution in [3.63, 3.8) is 0 Å². The zero-order valence-corrected chi connectivity index (χ0v) is 18.1. The number of imide groups is 1. The van der Waals surface area contributed by atoms with Crippen molar-refractivity contribution in [1.82, 2.24) is 0 Å². The highest BCUT2D eigenvalue weighted by atomic mass is 16.6. The molecule has 6 nitrogen and oxygen atoms in total. The summed E-state index contributed by atoms with van der Waals surface area (Å²) < 4.78 is 10.8. The third-order valence-electron chi connectivity index (χ3n) is 8.27. The van der Waals surface area contributed by atoms with Crippen LogP contribution in [0.5, 0.6) is 5.75 Å². The molecule has 166 valence electrons. The predicted molar refractivity (Wildman–Crippen MR) is 119 cm³/mol. The summed E-state index contributed by atoms with van der Waals surface area (Å²) in [5, 5.41) is 0. The van der Waals surface area contributed by atoms with E-state index in [-0.39, 0.29) is 47.4 Å². The van der Waals surface area contributed by atoms with Gasteiger partial charge in [-0.25, -0.2) is 0 Å². The van der Waals surface area contributed by atoms with Gasteiger partial charge in [0, 0.05) is 5.56 Å². The maximum Gasteiger partial charge on any atom is 0.238 e. The zero-order chi connectivity index (χ0) is 22.4. The Morgan fingerprint density at radius 3 is 2.09 bits per heavy atom. The quantitative estimate of drug-likeness (QED) is 0.307. The van der Waals surface area contributed by atoms with Crippen LogP contribution >= 0.6 is 0 Å². The molecule has 2 amide bonds. The van der Waals surface area contributed by atoms with Crippen LogP contribution in [-0.4, -0.2) is 30.8 Å². The number of benzene rings is 2. The summed E-state index contributed by atoms with van der Waals surface area (Å²) >= 11 is 0. The molecule has 33 heavy (non-hydrogen) atoms. The van der Waals surface area contributed by atoms with Crippen LogP contribution in [0.3, 0.4) is 0 Å². The van der Waals surface area contributed by atoms with Gasteiger partial charge in [0.15, 0.2) is 11.9 Å². The van der Waals surface area contributed by atoms with E-state index in [0.29, 0.717) is 28.8 Å². The highest BCUT2D eigenvalue weighted by Crippen LogP contribution is 2.65. The molecule has 2 aromatic carbocycles. The van der Waals surface area contributed by atoms with E-state index in [2.05, 4.69) is 12.2 Å². The third-order valence-corrected chi connectivity index (χ3v) is 8.27. The first-order chi connectivity index (χ1) is 16.1. The number of ketones is 1. The summed E-state index contributed by atoms with van der Waals surface area (Å²) in [5.41, 5.74) is 2.05. The highest BCUT2D eigenvalue weighted by molar-refractivity contribution is 6.22. The largest absolute Gasteiger partial charge is 0.497 e. The molecule has 0 N–H and O–H groups in total. The maximum absolute atomic E-state index is 13.3. The summed E-state index contributed by atoms with van der Waals surface area (Å²) in [6.45, 7) is 0. The van der Waals surface area contributed by atoms with Crippen molar-refractivity contribution in [3.05, 3.63) is 71.8 Å². The standard InChI is InChI=1S/C27H23NO5/c1-32-16-8-4-13(5-9-16)23(29)25-24(33-25)14-2-6-15(7-3-14)28-26(30)21-17-10-11-18(20-12-19(17)20)22(21)27(28)31/h2-11,17-22,24-25H,12H2,1H3/t17-,18+,19+,20-,21-,22+,24?,25?. The molecular formula is C27H23NO5.